The van der Waals surface area contributed by atoms with Gasteiger partial charge in [-0.05, 0) is 31.5 Å². The summed E-state index contributed by atoms with van der Waals surface area (Å²) in [6.45, 7) is 4.80. The van der Waals surface area contributed by atoms with Crippen LogP contribution in [0.15, 0.2) is 30.3 Å². The van der Waals surface area contributed by atoms with Crippen molar-refractivity contribution in [3.8, 4) is 0 Å². The van der Waals surface area contributed by atoms with Crippen molar-refractivity contribution in [2.75, 3.05) is 39.4 Å². The van der Waals surface area contributed by atoms with Crippen molar-refractivity contribution in [3.63, 3.8) is 0 Å². The van der Waals surface area contributed by atoms with Gasteiger partial charge in [-0.1, -0.05) is 30.3 Å². The maximum absolute atomic E-state index is 13.3. The molecule has 4 rings (SSSR count). The highest BCUT2D eigenvalue weighted by Crippen LogP contribution is 2.34. The highest BCUT2D eigenvalue weighted by molar-refractivity contribution is 5.83. The van der Waals surface area contributed by atoms with Crippen molar-refractivity contribution < 1.29 is 14.3 Å². The van der Waals surface area contributed by atoms with Crippen LogP contribution in [0.1, 0.15) is 37.3 Å². The zero-order chi connectivity index (χ0) is 16.4. The molecule has 1 unspecified atom stereocenters. The van der Waals surface area contributed by atoms with Gasteiger partial charge in [-0.25, -0.2) is 0 Å². The van der Waals surface area contributed by atoms with Gasteiger partial charge in [-0.15, -0.1) is 0 Å². The molecule has 3 saturated heterocycles. The Morgan fingerprint density at radius 1 is 0.958 bits per heavy atom. The van der Waals surface area contributed by atoms with Gasteiger partial charge in [-0.3, -0.25) is 9.69 Å². The lowest BCUT2D eigenvalue weighted by molar-refractivity contribution is -0.188. The normalized spacial score (nSPS) is 25.2. The van der Waals surface area contributed by atoms with Crippen LogP contribution in [0.25, 0.3) is 0 Å². The van der Waals surface area contributed by atoms with E-state index in [1.807, 2.05) is 23.1 Å². The van der Waals surface area contributed by atoms with E-state index in [9.17, 15) is 4.79 Å². The Labute approximate surface area is 143 Å². The summed E-state index contributed by atoms with van der Waals surface area (Å²) in [5.41, 5.74) is 1.11. The largest absolute Gasteiger partial charge is 0.347 e. The molecule has 1 aromatic rings. The van der Waals surface area contributed by atoms with Gasteiger partial charge in [0.25, 0.3) is 0 Å². The number of hydrogen-bond donors (Lipinski definition) is 0. The lowest BCUT2D eigenvalue weighted by atomic mass is 9.99. The summed E-state index contributed by atoms with van der Waals surface area (Å²) in [4.78, 5) is 17.6. The van der Waals surface area contributed by atoms with Crippen LogP contribution in [0.2, 0.25) is 0 Å². The lowest BCUT2D eigenvalue weighted by Crippen LogP contribution is -2.50. The summed E-state index contributed by atoms with van der Waals surface area (Å²) in [6.07, 6.45) is 3.92. The Balaban J connectivity index is 1.49. The van der Waals surface area contributed by atoms with E-state index in [-0.39, 0.29) is 11.9 Å². The number of likely N-dealkylation sites (tertiary alicyclic amines) is 2. The minimum atomic E-state index is -0.424. The van der Waals surface area contributed by atoms with Crippen molar-refractivity contribution in [1.29, 1.82) is 0 Å². The fourth-order valence-corrected chi connectivity index (χ4v) is 4.17. The van der Waals surface area contributed by atoms with E-state index in [0.29, 0.717) is 13.2 Å². The number of hydrogen-bond acceptors (Lipinski definition) is 4. The molecular weight excluding hydrogens is 304 g/mol. The molecular formula is C19H26N2O3. The molecule has 3 heterocycles. The fourth-order valence-electron chi connectivity index (χ4n) is 4.17. The molecule has 0 aliphatic carbocycles. The maximum Gasteiger partial charge on any atom is 0.244 e. The molecule has 1 atom stereocenters. The van der Waals surface area contributed by atoms with E-state index in [2.05, 4.69) is 17.0 Å². The van der Waals surface area contributed by atoms with Gasteiger partial charge in [0, 0.05) is 25.9 Å². The zero-order valence-electron chi connectivity index (χ0n) is 14.2. The quantitative estimate of drug-likeness (QED) is 0.852. The Hall–Kier alpha value is -1.43. The van der Waals surface area contributed by atoms with E-state index in [1.165, 1.54) is 12.8 Å². The average Bonchev–Trinajstić information content (AvgIpc) is 3.30. The molecule has 24 heavy (non-hydrogen) atoms. The topological polar surface area (TPSA) is 42.0 Å². The summed E-state index contributed by atoms with van der Waals surface area (Å²) >= 11 is 0. The third kappa shape index (κ3) is 3.08. The van der Waals surface area contributed by atoms with Gasteiger partial charge >= 0.3 is 0 Å². The van der Waals surface area contributed by atoms with Gasteiger partial charge in [0.15, 0.2) is 5.79 Å². The first-order valence-corrected chi connectivity index (χ1v) is 9.13. The van der Waals surface area contributed by atoms with Gasteiger partial charge < -0.3 is 14.4 Å². The molecule has 0 aromatic heterocycles. The SMILES string of the molecule is O=C(C(c1ccccc1)N1CCCC1)N1CCC2(CC1)OCCO2. The average molecular weight is 330 g/mol. The molecule has 130 valence electrons. The highest BCUT2D eigenvalue weighted by atomic mass is 16.7. The van der Waals surface area contributed by atoms with Crippen molar-refractivity contribution >= 4 is 5.91 Å². The van der Waals surface area contributed by atoms with Crippen LogP contribution in [0, 0.1) is 0 Å². The van der Waals surface area contributed by atoms with Crippen molar-refractivity contribution in [3.05, 3.63) is 35.9 Å². The lowest BCUT2D eigenvalue weighted by Gasteiger charge is -2.40. The second kappa shape index (κ2) is 6.82. The molecule has 0 radical (unpaired) electrons. The minimum absolute atomic E-state index is 0.145. The summed E-state index contributed by atoms with van der Waals surface area (Å²) in [6, 6.07) is 10.1. The maximum atomic E-state index is 13.3. The Kier molecular flexibility index (Phi) is 4.57. The predicted octanol–water partition coefficient (Wildman–Crippen LogP) is 2.19. The summed E-state index contributed by atoms with van der Waals surface area (Å²) in [5.74, 6) is -0.192. The Bertz CT molecular complexity index is 555. The van der Waals surface area contributed by atoms with Crippen LogP contribution in [-0.4, -0.2) is 60.9 Å². The van der Waals surface area contributed by atoms with Gasteiger partial charge in [0.1, 0.15) is 6.04 Å². The summed E-state index contributed by atoms with van der Waals surface area (Å²) < 4.78 is 11.6. The second-order valence-corrected chi connectivity index (χ2v) is 6.99. The van der Waals surface area contributed by atoms with Gasteiger partial charge in [0.05, 0.1) is 13.2 Å². The van der Waals surface area contributed by atoms with E-state index in [0.717, 1.165) is 44.6 Å². The van der Waals surface area contributed by atoms with E-state index in [4.69, 9.17) is 9.47 Å². The highest BCUT2D eigenvalue weighted by Gasteiger charge is 2.42. The standard InChI is InChI=1S/C19H26N2O3/c22-18(21-12-8-19(9-13-21)23-14-15-24-19)17(20-10-4-5-11-20)16-6-2-1-3-7-16/h1-3,6-7,17H,4-5,8-15H2. The monoisotopic (exact) mass is 330 g/mol. The number of rotatable bonds is 3. The first-order valence-electron chi connectivity index (χ1n) is 9.13. The molecule has 0 bridgehead atoms. The molecule has 0 N–H and O–H groups in total. The smallest absolute Gasteiger partial charge is 0.244 e. The number of carbonyl (C=O) groups excluding carboxylic acids is 1. The van der Waals surface area contributed by atoms with Crippen LogP contribution in [0.3, 0.4) is 0 Å². The predicted molar refractivity (Wildman–Crippen MR) is 90.4 cm³/mol. The van der Waals surface area contributed by atoms with Crippen molar-refractivity contribution in [2.24, 2.45) is 0 Å². The summed E-state index contributed by atoms with van der Waals surface area (Å²) in [5, 5.41) is 0. The van der Waals surface area contributed by atoms with Crippen LogP contribution in [0.5, 0.6) is 0 Å². The molecule has 5 nitrogen and oxygen atoms in total. The van der Waals surface area contributed by atoms with Crippen LogP contribution in [0.4, 0.5) is 0 Å². The van der Waals surface area contributed by atoms with Crippen LogP contribution >= 0.6 is 0 Å². The molecule has 0 saturated carbocycles. The number of nitrogens with zero attached hydrogens (tertiary/aromatic N) is 2. The molecule has 3 aliphatic heterocycles. The van der Waals surface area contributed by atoms with E-state index in [1.54, 1.807) is 0 Å². The first-order chi connectivity index (χ1) is 11.8. The second-order valence-electron chi connectivity index (χ2n) is 6.99. The fraction of sp³-hybridized carbons (Fsp3) is 0.632. The molecule has 1 spiro atoms. The van der Waals surface area contributed by atoms with Crippen molar-refractivity contribution in [2.45, 2.75) is 37.5 Å². The van der Waals surface area contributed by atoms with Gasteiger partial charge in [-0.2, -0.15) is 0 Å². The number of carbonyl (C=O) groups is 1. The minimum Gasteiger partial charge on any atom is -0.347 e. The number of ether oxygens (including phenoxy) is 2. The number of benzene rings is 1. The first kappa shape index (κ1) is 16.1. The molecule has 1 amide bonds. The zero-order valence-corrected chi connectivity index (χ0v) is 14.2. The third-order valence-electron chi connectivity index (χ3n) is 5.51. The Morgan fingerprint density at radius 2 is 1.58 bits per heavy atom. The van der Waals surface area contributed by atoms with E-state index >= 15 is 0 Å². The number of piperidine rings is 1. The molecule has 5 heteroatoms. The van der Waals surface area contributed by atoms with Crippen LogP contribution in [-0.2, 0) is 14.3 Å². The van der Waals surface area contributed by atoms with E-state index < -0.39 is 5.79 Å². The van der Waals surface area contributed by atoms with Gasteiger partial charge in [0.2, 0.25) is 5.91 Å². The summed E-state index contributed by atoms with van der Waals surface area (Å²) in [7, 11) is 0. The molecule has 3 fully saturated rings. The number of amides is 1. The molecule has 3 aliphatic rings. The Morgan fingerprint density at radius 3 is 2.21 bits per heavy atom. The third-order valence-corrected chi connectivity index (χ3v) is 5.51. The van der Waals surface area contributed by atoms with Crippen LogP contribution < -0.4 is 0 Å². The molecule has 1 aromatic carbocycles. The van der Waals surface area contributed by atoms with Crippen molar-refractivity contribution in [1.82, 2.24) is 9.80 Å².